The summed E-state index contributed by atoms with van der Waals surface area (Å²) in [6.45, 7) is 5.48. The monoisotopic (exact) mass is 364 g/mol. The molecule has 1 amide bonds. The van der Waals surface area contributed by atoms with E-state index in [1.165, 1.54) is 0 Å². The minimum atomic E-state index is 0.0448. The Balaban J connectivity index is 1.54. The molecule has 2 aromatic heterocycles. The zero-order valence-electron chi connectivity index (χ0n) is 15.9. The molecule has 7 heteroatoms. The lowest BCUT2D eigenvalue weighted by molar-refractivity contribution is 0.0787. The number of likely N-dealkylation sites (tertiary alicyclic amines) is 1. The number of benzene rings is 1. The summed E-state index contributed by atoms with van der Waals surface area (Å²) >= 11 is 0. The summed E-state index contributed by atoms with van der Waals surface area (Å²) in [4.78, 5) is 14.9. The number of rotatable bonds is 3. The molecule has 140 valence electrons. The molecule has 0 unspecified atom stereocenters. The van der Waals surface area contributed by atoms with E-state index in [-0.39, 0.29) is 11.9 Å². The van der Waals surface area contributed by atoms with Crippen LogP contribution < -0.4 is 5.73 Å². The molecule has 0 aliphatic carbocycles. The van der Waals surface area contributed by atoms with Gasteiger partial charge in [-0.15, -0.1) is 0 Å². The number of hydrogen-bond donors (Lipinski definition) is 1. The molecular formula is C20H24N6O. The summed E-state index contributed by atoms with van der Waals surface area (Å²) in [5.74, 6) is 0.633. The van der Waals surface area contributed by atoms with Gasteiger partial charge >= 0.3 is 0 Å². The van der Waals surface area contributed by atoms with Gasteiger partial charge in [-0.1, -0.05) is 12.1 Å². The Morgan fingerprint density at radius 1 is 1.26 bits per heavy atom. The summed E-state index contributed by atoms with van der Waals surface area (Å²) in [6.07, 6.45) is 2.65. The zero-order chi connectivity index (χ0) is 19.1. The topological polar surface area (TPSA) is 82.0 Å². The predicted molar refractivity (Wildman–Crippen MR) is 104 cm³/mol. The van der Waals surface area contributed by atoms with Crippen molar-refractivity contribution in [1.82, 2.24) is 24.5 Å². The number of amides is 1. The average Bonchev–Trinajstić information content (AvgIpc) is 3.35. The van der Waals surface area contributed by atoms with Crippen LogP contribution in [0, 0.1) is 13.8 Å². The van der Waals surface area contributed by atoms with Crippen molar-refractivity contribution < 1.29 is 4.79 Å². The van der Waals surface area contributed by atoms with E-state index < -0.39 is 0 Å². The predicted octanol–water partition coefficient (Wildman–Crippen LogP) is 2.57. The summed E-state index contributed by atoms with van der Waals surface area (Å²) in [7, 11) is 1.80. The second-order valence-electron chi connectivity index (χ2n) is 7.21. The summed E-state index contributed by atoms with van der Waals surface area (Å²) in [5.41, 5.74) is 10.6. The molecule has 3 aromatic rings. The number of nitrogens with zero attached hydrogens (tertiary/aromatic N) is 5. The molecule has 2 N–H and O–H groups in total. The van der Waals surface area contributed by atoms with Crippen LogP contribution in [-0.2, 0) is 7.05 Å². The number of anilines is 1. The number of hydrogen-bond acceptors (Lipinski definition) is 4. The highest BCUT2D eigenvalue weighted by atomic mass is 16.2. The van der Waals surface area contributed by atoms with Gasteiger partial charge in [-0.25, -0.2) is 0 Å². The Kier molecular flexibility index (Phi) is 4.22. The fourth-order valence-electron chi connectivity index (χ4n) is 3.81. The molecule has 1 fully saturated rings. The molecule has 1 aliphatic rings. The van der Waals surface area contributed by atoms with Gasteiger partial charge in [0.25, 0.3) is 5.91 Å². The van der Waals surface area contributed by atoms with E-state index in [0.29, 0.717) is 17.9 Å². The fraction of sp³-hybridized carbons (Fsp3) is 0.350. The largest absolute Gasteiger partial charge is 0.383 e. The first kappa shape index (κ1) is 17.3. The van der Waals surface area contributed by atoms with Crippen molar-refractivity contribution in [2.24, 2.45) is 7.05 Å². The van der Waals surface area contributed by atoms with Crippen molar-refractivity contribution in [3.63, 3.8) is 0 Å². The first-order valence-corrected chi connectivity index (χ1v) is 9.14. The van der Waals surface area contributed by atoms with Gasteiger partial charge in [-0.05, 0) is 44.0 Å². The minimum absolute atomic E-state index is 0.0448. The molecule has 1 aromatic carbocycles. The molecule has 0 saturated carbocycles. The Hall–Kier alpha value is -3.09. The zero-order valence-corrected chi connectivity index (χ0v) is 15.9. The van der Waals surface area contributed by atoms with Crippen molar-refractivity contribution >= 4 is 11.7 Å². The van der Waals surface area contributed by atoms with Gasteiger partial charge in [-0.2, -0.15) is 10.2 Å². The van der Waals surface area contributed by atoms with E-state index in [1.807, 2.05) is 36.1 Å². The third-order valence-electron chi connectivity index (χ3n) is 5.25. The van der Waals surface area contributed by atoms with Crippen LogP contribution in [0.2, 0.25) is 0 Å². The fourth-order valence-corrected chi connectivity index (χ4v) is 3.81. The summed E-state index contributed by atoms with van der Waals surface area (Å²) in [5, 5.41) is 8.76. The number of aromatic nitrogens is 4. The van der Waals surface area contributed by atoms with Crippen molar-refractivity contribution in [3.05, 3.63) is 53.5 Å². The van der Waals surface area contributed by atoms with Gasteiger partial charge in [0.15, 0.2) is 0 Å². The number of aryl methyl sites for hydroxylation is 3. The molecule has 1 saturated heterocycles. The molecule has 3 heterocycles. The molecule has 27 heavy (non-hydrogen) atoms. The van der Waals surface area contributed by atoms with Crippen LogP contribution in [0.25, 0.3) is 11.1 Å². The van der Waals surface area contributed by atoms with Crippen molar-refractivity contribution in [2.75, 3.05) is 18.8 Å². The van der Waals surface area contributed by atoms with Crippen LogP contribution in [0.1, 0.15) is 34.2 Å². The summed E-state index contributed by atoms with van der Waals surface area (Å²) in [6, 6.07) is 9.91. The van der Waals surface area contributed by atoms with Gasteiger partial charge in [-0.3, -0.25) is 14.2 Å². The molecular weight excluding hydrogens is 340 g/mol. The number of carbonyl (C=O) groups excluding carboxylic acids is 1. The average molecular weight is 364 g/mol. The normalized spacial score (nSPS) is 16.9. The maximum atomic E-state index is 13.0. The Morgan fingerprint density at radius 3 is 2.74 bits per heavy atom. The van der Waals surface area contributed by atoms with Gasteiger partial charge < -0.3 is 10.6 Å². The second-order valence-corrected chi connectivity index (χ2v) is 7.21. The van der Waals surface area contributed by atoms with Gasteiger partial charge in [0.05, 0.1) is 17.9 Å². The van der Waals surface area contributed by atoms with Crippen LogP contribution in [0.3, 0.4) is 0 Å². The Labute approximate surface area is 158 Å². The summed E-state index contributed by atoms with van der Waals surface area (Å²) < 4.78 is 3.68. The quantitative estimate of drug-likeness (QED) is 0.774. The van der Waals surface area contributed by atoms with E-state index in [0.717, 1.165) is 35.5 Å². The number of nitrogens with two attached hydrogens (primary N) is 1. The number of carbonyl (C=O) groups is 1. The maximum Gasteiger partial charge on any atom is 0.253 e. The van der Waals surface area contributed by atoms with Crippen molar-refractivity contribution in [1.29, 1.82) is 0 Å². The lowest BCUT2D eigenvalue weighted by atomic mass is 10.0. The first-order chi connectivity index (χ1) is 12.9. The Bertz CT molecular complexity index is 1000. The third-order valence-corrected chi connectivity index (χ3v) is 5.25. The highest BCUT2D eigenvalue weighted by molar-refractivity contribution is 5.96. The molecule has 0 spiro atoms. The SMILES string of the molecule is Cc1cc(C)n([C@H]2CCN(C(=O)c3cccc(-c4cnn(C)c4N)c3)C2)n1. The van der Waals surface area contributed by atoms with Crippen LogP contribution >= 0.6 is 0 Å². The smallest absolute Gasteiger partial charge is 0.253 e. The molecule has 7 nitrogen and oxygen atoms in total. The van der Waals surface area contributed by atoms with E-state index in [4.69, 9.17) is 5.73 Å². The highest BCUT2D eigenvalue weighted by Crippen LogP contribution is 2.28. The standard InChI is InChI=1S/C20H24N6O/c1-13-9-14(2)26(23-13)17-7-8-25(12-17)20(27)16-6-4-5-15(10-16)18-11-22-24(3)19(18)21/h4-6,9-11,17H,7-8,12,21H2,1-3H3/t17-/m0/s1. The van der Waals surface area contributed by atoms with Crippen LogP contribution in [0.5, 0.6) is 0 Å². The minimum Gasteiger partial charge on any atom is -0.383 e. The molecule has 4 rings (SSSR count). The van der Waals surface area contributed by atoms with Crippen LogP contribution in [0.4, 0.5) is 5.82 Å². The molecule has 0 radical (unpaired) electrons. The second kappa shape index (κ2) is 6.57. The number of nitrogen functional groups attached to an aromatic ring is 1. The highest BCUT2D eigenvalue weighted by Gasteiger charge is 2.29. The van der Waals surface area contributed by atoms with Gasteiger partial charge in [0.2, 0.25) is 0 Å². The van der Waals surface area contributed by atoms with Crippen molar-refractivity contribution in [2.45, 2.75) is 26.3 Å². The van der Waals surface area contributed by atoms with E-state index in [2.05, 4.69) is 27.9 Å². The van der Waals surface area contributed by atoms with E-state index in [1.54, 1.807) is 17.9 Å². The maximum absolute atomic E-state index is 13.0. The van der Waals surface area contributed by atoms with Gasteiger partial charge in [0.1, 0.15) is 5.82 Å². The molecule has 0 bridgehead atoms. The lowest BCUT2D eigenvalue weighted by Crippen LogP contribution is -2.29. The van der Waals surface area contributed by atoms with E-state index >= 15 is 0 Å². The van der Waals surface area contributed by atoms with E-state index in [9.17, 15) is 4.79 Å². The lowest BCUT2D eigenvalue weighted by Gasteiger charge is -2.18. The Morgan fingerprint density at radius 2 is 2.07 bits per heavy atom. The first-order valence-electron chi connectivity index (χ1n) is 9.14. The molecule has 1 atom stereocenters. The van der Waals surface area contributed by atoms with Crippen LogP contribution in [-0.4, -0.2) is 43.5 Å². The van der Waals surface area contributed by atoms with Gasteiger partial charge in [0, 0.05) is 37.0 Å². The third kappa shape index (κ3) is 3.09. The van der Waals surface area contributed by atoms with Crippen molar-refractivity contribution in [3.8, 4) is 11.1 Å². The van der Waals surface area contributed by atoms with Crippen LogP contribution in [0.15, 0.2) is 36.5 Å². The molecule has 1 aliphatic heterocycles.